The van der Waals surface area contributed by atoms with Crippen LogP contribution in [0, 0.1) is 0 Å². The van der Waals surface area contributed by atoms with Crippen LogP contribution in [0.1, 0.15) is 24.1 Å². The van der Waals surface area contributed by atoms with Gasteiger partial charge in [-0.15, -0.1) is 0 Å². The molecule has 0 bridgehead atoms. The highest BCUT2D eigenvalue weighted by Crippen LogP contribution is 2.22. The summed E-state index contributed by atoms with van der Waals surface area (Å²) >= 11 is 1.44. The molecule has 0 spiro atoms. The average Bonchev–Trinajstić information content (AvgIpc) is 2.38. The number of rotatable bonds is 3. The molecule has 1 heterocycles. The Bertz CT molecular complexity index is 551. The number of nitrogens with one attached hydrogen (secondary N) is 1. The zero-order valence-electron chi connectivity index (χ0n) is 9.81. The second-order valence-corrected chi connectivity index (χ2v) is 4.61. The minimum absolute atomic E-state index is 0.0952. The molecule has 0 aliphatic heterocycles. The summed E-state index contributed by atoms with van der Waals surface area (Å²) in [6.45, 7) is 2.06. The molecule has 4 heteroatoms. The Morgan fingerprint density at radius 2 is 2.00 bits per heavy atom. The molecule has 88 valence electrons. The van der Waals surface area contributed by atoms with Crippen molar-refractivity contribution in [2.75, 3.05) is 6.26 Å². The van der Waals surface area contributed by atoms with Crippen molar-refractivity contribution in [1.29, 1.82) is 0 Å². The van der Waals surface area contributed by atoms with Gasteiger partial charge in [-0.1, -0.05) is 49.0 Å². The first kappa shape index (κ1) is 11.9. The zero-order valence-corrected chi connectivity index (χ0v) is 10.6. The van der Waals surface area contributed by atoms with Gasteiger partial charge in [0.05, 0.1) is 5.69 Å². The van der Waals surface area contributed by atoms with Gasteiger partial charge in [0.25, 0.3) is 5.56 Å². The fourth-order valence-electron chi connectivity index (χ4n) is 1.68. The average molecular weight is 246 g/mol. The SMILES string of the molecule is CSc1nc([C@H](C)c2ccccc2)cc(=O)[nH]1. The van der Waals surface area contributed by atoms with Crippen LogP contribution in [-0.4, -0.2) is 16.2 Å². The van der Waals surface area contributed by atoms with Gasteiger partial charge in [-0.2, -0.15) is 0 Å². The second-order valence-electron chi connectivity index (χ2n) is 3.81. The van der Waals surface area contributed by atoms with E-state index in [1.165, 1.54) is 11.8 Å². The molecule has 0 unspecified atom stereocenters. The van der Waals surface area contributed by atoms with Crippen LogP contribution in [0.2, 0.25) is 0 Å². The minimum Gasteiger partial charge on any atom is -0.301 e. The summed E-state index contributed by atoms with van der Waals surface area (Å²) in [4.78, 5) is 18.6. The summed E-state index contributed by atoms with van der Waals surface area (Å²) in [6, 6.07) is 11.6. The van der Waals surface area contributed by atoms with Gasteiger partial charge in [0, 0.05) is 12.0 Å². The summed E-state index contributed by atoms with van der Waals surface area (Å²) in [5.74, 6) is 0.129. The van der Waals surface area contributed by atoms with E-state index in [-0.39, 0.29) is 11.5 Å². The van der Waals surface area contributed by atoms with Crippen molar-refractivity contribution in [2.45, 2.75) is 18.0 Å². The molecule has 1 aromatic carbocycles. The van der Waals surface area contributed by atoms with Crippen molar-refractivity contribution in [3.63, 3.8) is 0 Å². The Morgan fingerprint density at radius 1 is 1.29 bits per heavy atom. The van der Waals surface area contributed by atoms with Crippen molar-refractivity contribution in [2.24, 2.45) is 0 Å². The van der Waals surface area contributed by atoms with Gasteiger partial charge in [-0.25, -0.2) is 4.98 Å². The van der Waals surface area contributed by atoms with Crippen molar-refractivity contribution in [3.8, 4) is 0 Å². The van der Waals surface area contributed by atoms with E-state index >= 15 is 0 Å². The van der Waals surface area contributed by atoms with Crippen LogP contribution in [0.15, 0.2) is 46.3 Å². The maximum Gasteiger partial charge on any atom is 0.251 e. The maximum atomic E-state index is 11.5. The molecule has 1 N–H and O–H groups in total. The van der Waals surface area contributed by atoms with Gasteiger partial charge in [0.2, 0.25) is 0 Å². The number of thioether (sulfide) groups is 1. The van der Waals surface area contributed by atoms with Crippen LogP contribution in [-0.2, 0) is 0 Å². The number of benzene rings is 1. The van der Waals surface area contributed by atoms with Crippen molar-refractivity contribution in [1.82, 2.24) is 9.97 Å². The van der Waals surface area contributed by atoms with Gasteiger partial charge in [0.15, 0.2) is 5.16 Å². The quantitative estimate of drug-likeness (QED) is 0.669. The van der Waals surface area contributed by atoms with Gasteiger partial charge < -0.3 is 4.98 Å². The lowest BCUT2D eigenvalue weighted by atomic mass is 9.98. The lowest BCUT2D eigenvalue weighted by molar-refractivity contribution is 0.801. The number of hydrogen-bond acceptors (Lipinski definition) is 3. The van der Waals surface area contributed by atoms with Crippen LogP contribution in [0.3, 0.4) is 0 Å². The van der Waals surface area contributed by atoms with E-state index in [4.69, 9.17) is 0 Å². The van der Waals surface area contributed by atoms with E-state index in [9.17, 15) is 4.79 Å². The van der Waals surface area contributed by atoms with Crippen LogP contribution in [0.5, 0.6) is 0 Å². The fourth-order valence-corrected chi connectivity index (χ4v) is 2.08. The number of nitrogens with zero attached hydrogens (tertiary/aromatic N) is 1. The van der Waals surface area contributed by atoms with Crippen LogP contribution >= 0.6 is 11.8 Å². The number of H-pyrrole nitrogens is 1. The summed E-state index contributed by atoms with van der Waals surface area (Å²) in [5, 5.41) is 0.662. The third-order valence-corrected chi connectivity index (χ3v) is 3.26. The lowest BCUT2D eigenvalue weighted by Crippen LogP contribution is -2.12. The highest BCUT2D eigenvalue weighted by atomic mass is 32.2. The monoisotopic (exact) mass is 246 g/mol. The van der Waals surface area contributed by atoms with Crippen molar-refractivity contribution >= 4 is 11.8 Å². The largest absolute Gasteiger partial charge is 0.301 e. The van der Waals surface area contributed by atoms with Gasteiger partial charge in [-0.05, 0) is 11.8 Å². The second kappa shape index (κ2) is 5.19. The predicted molar refractivity (Wildman–Crippen MR) is 70.6 cm³/mol. The van der Waals surface area contributed by atoms with Crippen molar-refractivity contribution < 1.29 is 0 Å². The van der Waals surface area contributed by atoms with E-state index in [0.717, 1.165) is 11.3 Å². The van der Waals surface area contributed by atoms with Gasteiger partial charge >= 0.3 is 0 Å². The highest BCUT2D eigenvalue weighted by Gasteiger charge is 2.11. The highest BCUT2D eigenvalue weighted by molar-refractivity contribution is 7.98. The molecule has 1 atom stereocenters. The van der Waals surface area contributed by atoms with Gasteiger partial charge in [0.1, 0.15) is 0 Å². The summed E-state index contributed by atoms with van der Waals surface area (Å²) < 4.78 is 0. The van der Waals surface area contributed by atoms with Crippen LogP contribution in [0.25, 0.3) is 0 Å². The summed E-state index contributed by atoms with van der Waals surface area (Å²) in [5.41, 5.74) is 1.88. The topological polar surface area (TPSA) is 45.8 Å². The van der Waals surface area contributed by atoms with E-state index in [1.54, 1.807) is 6.07 Å². The molecule has 2 aromatic rings. The van der Waals surface area contributed by atoms with E-state index in [0.29, 0.717) is 5.16 Å². The van der Waals surface area contributed by atoms with Crippen LogP contribution < -0.4 is 5.56 Å². The minimum atomic E-state index is -0.0952. The molecule has 1 aromatic heterocycles. The summed E-state index contributed by atoms with van der Waals surface area (Å²) in [7, 11) is 0. The Hall–Kier alpha value is -1.55. The predicted octanol–water partition coefficient (Wildman–Crippen LogP) is 2.64. The first-order chi connectivity index (χ1) is 8.20. The third kappa shape index (κ3) is 2.77. The first-order valence-electron chi connectivity index (χ1n) is 5.41. The van der Waals surface area contributed by atoms with Crippen molar-refractivity contribution in [3.05, 3.63) is 58.0 Å². The first-order valence-corrected chi connectivity index (χ1v) is 6.63. The molecule has 0 saturated carbocycles. The maximum absolute atomic E-state index is 11.5. The summed E-state index contributed by atoms with van der Waals surface area (Å²) in [6.07, 6.45) is 1.90. The molecular formula is C13H14N2OS. The smallest absolute Gasteiger partial charge is 0.251 e. The zero-order chi connectivity index (χ0) is 12.3. The normalized spacial score (nSPS) is 12.4. The Labute approximate surface area is 104 Å². The standard InChI is InChI=1S/C13H14N2OS/c1-9(10-6-4-3-5-7-10)11-8-12(16)15-13(14-11)17-2/h3-9H,1-2H3,(H,14,15,16)/t9-/m1/s1. The molecule has 0 aliphatic carbocycles. The molecule has 0 fully saturated rings. The number of aromatic amines is 1. The molecule has 0 amide bonds. The molecular weight excluding hydrogens is 232 g/mol. The molecule has 0 aliphatic rings. The number of aromatic nitrogens is 2. The van der Waals surface area contributed by atoms with Crippen LogP contribution in [0.4, 0.5) is 0 Å². The van der Waals surface area contributed by atoms with E-state index in [2.05, 4.69) is 16.9 Å². The Kier molecular flexibility index (Phi) is 3.64. The molecule has 2 rings (SSSR count). The molecule has 0 radical (unpaired) electrons. The van der Waals surface area contributed by atoms with E-state index < -0.39 is 0 Å². The molecule has 0 saturated heterocycles. The third-order valence-electron chi connectivity index (χ3n) is 2.68. The van der Waals surface area contributed by atoms with E-state index in [1.807, 2.05) is 36.6 Å². The lowest BCUT2D eigenvalue weighted by Gasteiger charge is -2.11. The fraction of sp³-hybridized carbons (Fsp3) is 0.231. The van der Waals surface area contributed by atoms with Gasteiger partial charge in [-0.3, -0.25) is 4.79 Å². The number of hydrogen-bond donors (Lipinski definition) is 1. The molecule has 17 heavy (non-hydrogen) atoms. The Balaban J connectivity index is 2.40. The molecule has 3 nitrogen and oxygen atoms in total. The Morgan fingerprint density at radius 3 is 2.65 bits per heavy atom.